The molecule has 1 amide bonds. The molecule has 1 aliphatic rings. The lowest BCUT2D eigenvalue weighted by Gasteiger charge is -2.26. The Morgan fingerprint density at radius 3 is 2.96 bits per heavy atom. The van der Waals surface area contributed by atoms with Crippen molar-refractivity contribution < 1.29 is 18.0 Å². The second kappa shape index (κ2) is 6.40. The fourth-order valence-electron chi connectivity index (χ4n) is 2.57. The highest BCUT2D eigenvalue weighted by molar-refractivity contribution is 7.10. The quantitative estimate of drug-likeness (QED) is 0.887. The number of aromatic nitrogens is 1. The number of carbonyl (C=O) groups is 1. The van der Waals surface area contributed by atoms with Crippen molar-refractivity contribution in [1.29, 1.82) is 0 Å². The van der Waals surface area contributed by atoms with E-state index >= 15 is 0 Å². The van der Waals surface area contributed by atoms with Crippen molar-refractivity contribution in [1.82, 2.24) is 9.88 Å². The third-order valence-corrected chi connectivity index (χ3v) is 4.78. The summed E-state index contributed by atoms with van der Waals surface area (Å²) in [5.74, 6) is -0.515. The zero-order chi connectivity index (χ0) is 17.3. The Morgan fingerprint density at radius 2 is 2.21 bits per heavy atom. The lowest BCUT2D eigenvalue weighted by atomic mass is 10.1. The zero-order valence-electron chi connectivity index (χ0n) is 12.4. The van der Waals surface area contributed by atoms with E-state index in [1.165, 1.54) is 4.88 Å². The van der Waals surface area contributed by atoms with Crippen molar-refractivity contribution in [2.75, 3.05) is 18.4 Å². The summed E-state index contributed by atoms with van der Waals surface area (Å²) in [5.41, 5.74) is -1.02. The molecule has 0 aliphatic carbocycles. The molecule has 0 aromatic carbocycles. The van der Waals surface area contributed by atoms with Crippen molar-refractivity contribution in [3.63, 3.8) is 0 Å². The number of alkyl halides is 3. The summed E-state index contributed by atoms with van der Waals surface area (Å²) in [4.78, 5) is 28.8. The molecule has 0 saturated carbocycles. The molecule has 0 unspecified atom stereocenters. The van der Waals surface area contributed by atoms with Gasteiger partial charge in [-0.1, -0.05) is 0 Å². The molecule has 24 heavy (non-hydrogen) atoms. The van der Waals surface area contributed by atoms with Crippen molar-refractivity contribution in [3.8, 4) is 0 Å². The maximum absolute atomic E-state index is 12.7. The smallest absolute Gasteiger partial charge is 0.327 e. The number of aromatic amines is 1. The molecule has 0 bridgehead atoms. The summed E-state index contributed by atoms with van der Waals surface area (Å²) in [7, 11) is 0. The number of carbonyl (C=O) groups excluding carboxylic acids is 1. The minimum atomic E-state index is -4.59. The van der Waals surface area contributed by atoms with Crippen LogP contribution in [0.5, 0.6) is 0 Å². The highest BCUT2D eigenvalue weighted by Gasteiger charge is 2.31. The number of thiophene rings is 1. The topological polar surface area (TPSA) is 65.2 Å². The summed E-state index contributed by atoms with van der Waals surface area (Å²) < 4.78 is 38.0. The summed E-state index contributed by atoms with van der Waals surface area (Å²) >= 11 is 1.68. The second-order valence-electron chi connectivity index (χ2n) is 5.51. The van der Waals surface area contributed by atoms with Crippen molar-refractivity contribution in [2.24, 2.45) is 0 Å². The average Bonchev–Trinajstić information content (AvgIpc) is 2.96. The molecule has 5 nitrogen and oxygen atoms in total. The van der Waals surface area contributed by atoms with Crippen LogP contribution >= 0.6 is 11.3 Å². The van der Waals surface area contributed by atoms with Gasteiger partial charge < -0.3 is 10.3 Å². The minimum Gasteiger partial charge on any atom is -0.327 e. The third-order valence-electron chi connectivity index (χ3n) is 3.76. The predicted molar refractivity (Wildman–Crippen MR) is 84.0 cm³/mol. The van der Waals surface area contributed by atoms with E-state index in [1.807, 2.05) is 21.3 Å². The van der Waals surface area contributed by atoms with Gasteiger partial charge in [-0.15, -0.1) is 11.3 Å². The number of H-pyrrole nitrogens is 1. The van der Waals surface area contributed by atoms with Crippen LogP contribution < -0.4 is 10.9 Å². The molecule has 0 radical (unpaired) electrons. The molecular weight excluding hydrogens is 343 g/mol. The molecule has 0 spiro atoms. The first kappa shape index (κ1) is 16.7. The van der Waals surface area contributed by atoms with Crippen LogP contribution in [0.15, 0.2) is 28.5 Å². The summed E-state index contributed by atoms with van der Waals surface area (Å²) in [5, 5.41) is 4.26. The number of hydrogen-bond acceptors (Lipinski definition) is 4. The highest BCUT2D eigenvalue weighted by Crippen LogP contribution is 2.29. The van der Waals surface area contributed by atoms with Gasteiger partial charge in [0.1, 0.15) is 5.69 Å². The number of amides is 1. The third kappa shape index (κ3) is 3.68. The Labute approximate surface area is 139 Å². The van der Waals surface area contributed by atoms with Gasteiger partial charge in [-0.3, -0.25) is 14.5 Å². The van der Waals surface area contributed by atoms with Gasteiger partial charge in [0.25, 0.3) is 5.56 Å². The molecule has 9 heteroatoms. The van der Waals surface area contributed by atoms with Gasteiger partial charge in [0, 0.05) is 24.2 Å². The van der Waals surface area contributed by atoms with Crippen LogP contribution in [0, 0.1) is 0 Å². The lowest BCUT2D eigenvalue weighted by Crippen LogP contribution is -2.37. The van der Waals surface area contributed by atoms with Crippen LogP contribution in [0.25, 0.3) is 0 Å². The first-order chi connectivity index (χ1) is 11.3. The Bertz CT molecular complexity index is 813. The summed E-state index contributed by atoms with van der Waals surface area (Å²) in [6.45, 7) is 1.33. The van der Waals surface area contributed by atoms with E-state index in [1.54, 1.807) is 11.3 Å². The fraction of sp³-hybridized carbons (Fsp3) is 0.333. The number of nitrogens with zero attached hydrogens (tertiary/aromatic N) is 1. The van der Waals surface area contributed by atoms with Crippen LogP contribution in [0.1, 0.15) is 16.0 Å². The number of pyridine rings is 1. The highest BCUT2D eigenvalue weighted by atomic mass is 32.1. The Morgan fingerprint density at radius 1 is 1.42 bits per heavy atom. The Hall–Kier alpha value is -2.13. The van der Waals surface area contributed by atoms with E-state index in [-0.39, 0.29) is 6.54 Å². The number of anilines is 1. The van der Waals surface area contributed by atoms with E-state index in [4.69, 9.17) is 0 Å². The minimum absolute atomic E-state index is 0.0188. The number of fused-ring (bicyclic) bond motifs is 1. The van der Waals surface area contributed by atoms with Crippen molar-refractivity contribution in [3.05, 3.63) is 50.1 Å². The average molecular weight is 357 g/mol. The van der Waals surface area contributed by atoms with Gasteiger partial charge in [0.05, 0.1) is 12.1 Å². The van der Waals surface area contributed by atoms with Crippen molar-refractivity contribution in [2.45, 2.75) is 19.1 Å². The summed E-state index contributed by atoms with van der Waals surface area (Å²) in [6, 6.07) is 2.64. The first-order valence-electron chi connectivity index (χ1n) is 7.20. The number of hydrogen-bond donors (Lipinski definition) is 2. The van der Waals surface area contributed by atoms with Gasteiger partial charge in [-0.2, -0.15) is 13.2 Å². The van der Waals surface area contributed by atoms with Gasteiger partial charge >= 0.3 is 6.18 Å². The Balaban J connectivity index is 1.66. The van der Waals surface area contributed by atoms with Crippen LogP contribution in [0.3, 0.4) is 0 Å². The predicted octanol–water partition coefficient (Wildman–Crippen LogP) is 2.45. The second-order valence-corrected chi connectivity index (χ2v) is 6.51. The van der Waals surface area contributed by atoms with Crippen LogP contribution in [0.2, 0.25) is 0 Å². The molecular formula is C15H14F3N3O2S. The molecule has 2 aromatic rings. The summed E-state index contributed by atoms with van der Waals surface area (Å²) in [6.07, 6.45) is -3.17. The van der Waals surface area contributed by atoms with E-state index in [9.17, 15) is 22.8 Å². The van der Waals surface area contributed by atoms with Crippen LogP contribution in [0.4, 0.5) is 18.9 Å². The van der Waals surface area contributed by atoms with E-state index in [0.717, 1.165) is 12.0 Å². The Kier molecular flexibility index (Phi) is 4.46. The molecule has 1 aliphatic heterocycles. The normalized spacial score (nSPS) is 15.1. The number of nitrogens with one attached hydrogen (secondary N) is 2. The van der Waals surface area contributed by atoms with Gasteiger partial charge in [0.15, 0.2) is 0 Å². The van der Waals surface area contributed by atoms with E-state index < -0.39 is 28.9 Å². The van der Waals surface area contributed by atoms with Crippen LogP contribution in [-0.4, -0.2) is 28.9 Å². The fourth-order valence-corrected chi connectivity index (χ4v) is 3.46. The molecule has 0 saturated heterocycles. The molecule has 2 N–H and O–H groups in total. The maximum atomic E-state index is 12.7. The molecule has 3 heterocycles. The SMILES string of the molecule is O=C(CN1CCc2sccc2C1)Nc1cc(C(F)(F)F)c[nH]c1=O. The molecule has 0 fully saturated rings. The first-order valence-corrected chi connectivity index (χ1v) is 8.08. The van der Waals surface area contributed by atoms with E-state index in [2.05, 4.69) is 5.32 Å². The van der Waals surface area contributed by atoms with Crippen LogP contribution in [-0.2, 0) is 23.9 Å². The number of halogens is 3. The van der Waals surface area contributed by atoms with Crippen molar-refractivity contribution >= 4 is 22.9 Å². The van der Waals surface area contributed by atoms with E-state index in [0.29, 0.717) is 25.4 Å². The maximum Gasteiger partial charge on any atom is 0.417 e. The standard InChI is InChI=1S/C15H14F3N3O2S/c16-15(17,18)10-5-11(14(23)19-6-10)20-13(22)8-21-3-1-12-9(7-21)2-4-24-12/h2,4-6H,1,3,7-8H2,(H,19,23)(H,20,22). The van der Waals surface area contributed by atoms with Gasteiger partial charge in [0.2, 0.25) is 5.91 Å². The lowest BCUT2D eigenvalue weighted by molar-refractivity contribution is -0.137. The molecule has 3 rings (SSSR count). The van der Waals surface area contributed by atoms with Gasteiger partial charge in [-0.05, 0) is 29.5 Å². The molecule has 0 atom stereocenters. The largest absolute Gasteiger partial charge is 0.417 e. The van der Waals surface area contributed by atoms with Gasteiger partial charge in [-0.25, -0.2) is 0 Å². The monoisotopic (exact) mass is 357 g/mol. The zero-order valence-corrected chi connectivity index (χ0v) is 13.3. The molecule has 2 aromatic heterocycles. The molecule has 128 valence electrons. The number of rotatable bonds is 3.